The molecule has 1 aromatic carbocycles. The van der Waals surface area contributed by atoms with E-state index < -0.39 is 0 Å². The van der Waals surface area contributed by atoms with Gasteiger partial charge in [-0.2, -0.15) is 0 Å². The molecule has 0 atom stereocenters. The third-order valence-corrected chi connectivity index (χ3v) is 3.82. The lowest BCUT2D eigenvalue weighted by Crippen LogP contribution is -2.41. The molecule has 1 aliphatic rings. The summed E-state index contributed by atoms with van der Waals surface area (Å²) in [4.78, 5) is 0. The zero-order valence-corrected chi connectivity index (χ0v) is 14.1. The van der Waals surface area contributed by atoms with Gasteiger partial charge in [0.15, 0.2) is 0 Å². The molecule has 1 saturated carbocycles. The lowest BCUT2D eigenvalue weighted by molar-refractivity contribution is 0.307. The van der Waals surface area contributed by atoms with Gasteiger partial charge in [-0.3, -0.25) is 0 Å². The first-order chi connectivity index (χ1) is 10.0. The van der Waals surface area contributed by atoms with Gasteiger partial charge in [-0.15, -0.1) is 0 Å². The minimum Gasteiger partial charge on any atom is -0.397 e. The lowest BCUT2D eigenvalue weighted by Gasteiger charge is -2.40. The predicted molar refractivity (Wildman–Crippen MR) is 95.8 cm³/mol. The molecule has 2 rings (SSSR count). The average molecular weight is 289 g/mol. The molecule has 1 aliphatic carbocycles. The van der Waals surface area contributed by atoms with Crippen molar-refractivity contribution in [3.63, 3.8) is 0 Å². The summed E-state index contributed by atoms with van der Waals surface area (Å²) >= 11 is 0. The molecule has 1 aromatic rings. The quantitative estimate of drug-likeness (QED) is 0.617. The average Bonchev–Trinajstić information content (AvgIpc) is 2.42. The fourth-order valence-electron chi connectivity index (χ4n) is 2.48. The first kappa shape index (κ1) is 17.4. The van der Waals surface area contributed by atoms with Crippen LogP contribution < -0.4 is 16.4 Å². The fourth-order valence-corrected chi connectivity index (χ4v) is 2.48. The summed E-state index contributed by atoms with van der Waals surface area (Å²) in [6.07, 6.45) is 5.83. The summed E-state index contributed by atoms with van der Waals surface area (Å²) in [6.45, 7) is 12.4. The van der Waals surface area contributed by atoms with E-state index in [9.17, 15) is 0 Å². The molecule has 21 heavy (non-hydrogen) atoms. The van der Waals surface area contributed by atoms with Crippen LogP contribution in [0.1, 0.15) is 59.8 Å². The van der Waals surface area contributed by atoms with Crippen molar-refractivity contribution < 1.29 is 0 Å². The number of nitrogens with two attached hydrogens (primary N) is 1. The van der Waals surface area contributed by atoms with Gasteiger partial charge >= 0.3 is 0 Å². The van der Waals surface area contributed by atoms with Gasteiger partial charge in [-0.1, -0.05) is 33.8 Å². The number of rotatable bonds is 6. The summed E-state index contributed by atoms with van der Waals surface area (Å²) in [5.41, 5.74) is 10.2. The Morgan fingerprint density at radius 2 is 2.00 bits per heavy atom. The number of allylic oxidation sites excluding steroid dienone is 1. The third kappa shape index (κ3) is 5.00. The number of hydrogen-bond donors (Lipinski definition) is 3. The van der Waals surface area contributed by atoms with Crippen molar-refractivity contribution in [2.45, 2.75) is 65.3 Å². The van der Waals surface area contributed by atoms with Crippen LogP contribution in [0.3, 0.4) is 0 Å². The van der Waals surface area contributed by atoms with E-state index in [1.54, 1.807) is 0 Å². The third-order valence-electron chi connectivity index (χ3n) is 3.82. The van der Waals surface area contributed by atoms with Crippen LogP contribution in [0, 0.1) is 0 Å². The second-order valence-electron chi connectivity index (χ2n) is 5.82. The number of benzene rings is 1. The maximum absolute atomic E-state index is 6.12. The molecule has 0 heterocycles. The van der Waals surface area contributed by atoms with Gasteiger partial charge in [-0.25, -0.2) is 0 Å². The predicted octanol–water partition coefficient (Wildman–Crippen LogP) is 5.38. The molecular formula is C18H31N3. The van der Waals surface area contributed by atoms with Crippen LogP contribution in [-0.4, -0.2) is 5.54 Å². The van der Waals surface area contributed by atoms with E-state index in [4.69, 9.17) is 5.73 Å². The highest BCUT2D eigenvalue weighted by Crippen LogP contribution is 2.36. The molecule has 0 amide bonds. The molecule has 0 bridgehead atoms. The van der Waals surface area contributed by atoms with Crippen LogP contribution in [0.5, 0.6) is 0 Å². The smallest absolute Gasteiger partial charge is 0.0579 e. The van der Waals surface area contributed by atoms with Gasteiger partial charge in [0, 0.05) is 16.9 Å². The summed E-state index contributed by atoms with van der Waals surface area (Å²) in [5.74, 6) is 0. The Morgan fingerprint density at radius 1 is 1.33 bits per heavy atom. The maximum Gasteiger partial charge on any atom is 0.0579 e. The second-order valence-corrected chi connectivity index (χ2v) is 5.82. The first-order valence-corrected chi connectivity index (χ1v) is 8.15. The Hall–Kier alpha value is -1.64. The van der Waals surface area contributed by atoms with Gasteiger partial charge < -0.3 is 16.4 Å². The zero-order valence-electron chi connectivity index (χ0n) is 14.1. The van der Waals surface area contributed by atoms with Crippen molar-refractivity contribution in [3.05, 3.63) is 30.5 Å². The van der Waals surface area contributed by atoms with Crippen LogP contribution in [0.4, 0.5) is 17.1 Å². The van der Waals surface area contributed by atoms with E-state index in [-0.39, 0.29) is 5.54 Å². The number of hydrogen-bond acceptors (Lipinski definition) is 3. The van der Waals surface area contributed by atoms with E-state index in [0.717, 1.165) is 35.6 Å². The molecule has 0 aromatic heterocycles. The van der Waals surface area contributed by atoms with Gasteiger partial charge in [0.2, 0.25) is 0 Å². The lowest BCUT2D eigenvalue weighted by atomic mass is 9.78. The van der Waals surface area contributed by atoms with Gasteiger partial charge in [0.25, 0.3) is 0 Å². The van der Waals surface area contributed by atoms with Crippen molar-refractivity contribution in [2.75, 3.05) is 16.4 Å². The zero-order chi connectivity index (χ0) is 15.9. The van der Waals surface area contributed by atoms with E-state index >= 15 is 0 Å². The van der Waals surface area contributed by atoms with Crippen molar-refractivity contribution >= 4 is 17.1 Å². The summed E-state index contributed by atoms with van der Waals surface area (Å²) in [5, 5.41) is 6.85. The molecule has 0 radical (unpaired) electrons. The second kappa shape index (κ2) is 7.96. The molecule has 0 saturated heterocycles. The Balaban J connectivity index is 0.00000106. The molecule has 3 heteroatoms. The van der Waals surface area contributed by atoms with Crippen LogP contribution >= 0.6 is 0 Å². The molecule has 1 fully saturated rings. The van der Waals surface area contributed by atoms with Gasteiger partial charge in [-0.05, 0) is 50.8 Å². The molecule has 0 aliphatic heterocycles. The summed E-state index contributed by atoms with van der Waals surface area (Å²) in [7, 11) is 0. The number of nitrogen functional groups attached to an aromatic ring is 1. The monoisotopic (exact) mass is 289 g/mol. The van der Waals surface area contributed by atoms with E-state index in [1.807, 2.05) is 19.9 Å². The molecule has 0 unspecified atom stereocenters. The van der Waals surface area contributed by atoms with E-state index in [2.05, 4.69) is 43.2 Å². The Kier molecular flexibility index (Phi) is 6.60. The standard InChI is InChI=1S/C16H25N3.C2H6/c1-4-6-12(2)18-13-7-8-15(14(17)11-13)19-16(3)9-5-10-16;1-2/h7-8,11,18-19H,2,4-6,9-10,17H2,1,3H3;1-2H3. The minimum absolute atomic E-state index is 0.231. The molecule has 4 N–H and O–H groups in total. The van der Waals surface area contributed by atoms with Crippen molar-refractivity contribution in [2.24, 2.45) is 0 Å². The van der Waals surface area contributed by atoms with Crippen LogP contribution in [0.2, 0.25) is 0 Å². The summed E-state index contributed by atoms with van der Waals surface area (Å²) < 4.78 is 0. The minimum atomic E-state index is 0.231. The van der Waals surface area contributed by atoms with Crippen molar-refractivity contribution in [1.29, 1.82) is 0 Å². The Bertz CT molecular complexity index is 462. The SMILES string of the molecule is C=C(CCC)Nc1ccc(NC2(C)CCC2)c(N)c1.CC. The summed E-state index contributed by atoms with van der Waals surface area (Å²) in [6, 6.07) is 6.09. The normalized spacial score (nSPS) is 15.2. The largest absolute Gasteiger partial charge is 0.397 e. The van der Waals surface area contributed by atoms with Gasteiger partial charge in [0.1, 0.15) is 0 Å². The Morgan fingerprint density at radius 3 is 2.48 bits per heavy atom. The molecule has 118 valence electrons. The Labute approximate surface area is 130 Å². The number of nitrogens with one attached hydrogen (secondary N) is 2. The molecule has 0 spiro atoms. The molecule has 3 nitrogen and oxygen atoms in total. The highest BCUT2D eigenvalue weighted by atomic mass is 15.0. The van der Waals surface area contributed by atoms with Crippen molar-refractivity contribution in [1.82, 2.24) is 0 Å². The number of anilines is 3. The van der Waals surface area contributed by atoms with E-state index in [1.165, 1.54) is 19.3 Å². The van der Waals surface area contributed by atoms with Crippen LogP contribution in [0.25, 0.3) is 0 Å². The van der Waals surface area contributed by atoms with Crippen LogP contribution in [-0.2, 0) is 0 Å². The highest BCUT2D eigenvalue weighted by molar-refractivity contribution is 5.73. The molecular weight excluding hydrogens is 258 g/mol. The fraction of sp³-hybridized carbons (Fsp3) is 0.556. The van der Waals surface area contributed by atoms with Crippen LogP contribution in [0.15, 0.2) is 30.5 Å². The maximum atomic E-state index is 6.12. The topological polar surface area (TPSA) is 50.1 Å². The van der Waals surface area contributed by atoms with Crippen molar-refractivity contribution in [3.8, 4) is 0 Å². The first-order valence-electron chi connectivity index (χ1n) is 8.15. The highest BCUT2D eigenvalue weighted by Gasteiger charge is 2.31. The van der Waals surface area contributed by atoms with E-state index in [0.29, 0.717) is 0 Å². The van der Waals surface area contributed by atoms with Gasteiger partial charge in [0.05, 0.1) is 11.4 Å².